The van der Waals surface area contributed by atoms with E-state index in [-0.39, 0.29) is 0 Å². The van der Waals surface area contributed by atoms with Crippen LogP contribution in [0, 0.1) is 11.3 Å². The van der Waals surface area contributed by atoms with E-state index in [1.165, 1.54) is 12.8 Å². The third-order valence-electron chi connectivity index (χ3n) is 3.62. The van der Waals surface area contributed by atoms with Gasteiger partial charge in [-0.25, -0.2) is 0 Å². The molecule has 0 saturated heterocycles. The van der Waals surface area contributed by atoms with Crippen molar-refractivity contribution in [3.8, 4) is 0 Å². The lowest BCUT2D eigenvalue weighted by atomic mass is 9.80. The predicted molar refractivity (Wildman–Crippen MR) is 67.9 cm³/mol. The molecule has 0 aromatic rings. The zero-order valence-electron chi connectivity index (χ0n) is 11.7. The molecule has 0 spiro atoms. The zero-order chi connectivity index (χ0) is 13.6. The van der Waals surface area contributed by atoms with Gasteiger partial charge in [0.25, 0.3) is 0 Å². The second kappa shape index (κ2) is 6.76. The highest BCUT2D eigenvalue weighted by Crippen LogP contribution is 2.37. The molecule has 1 aliphatic carbocycles. The summed E-state index contributed by atoms with van der Waals surface area (Å²) in [6.45, 7) is 5.73. The molecule has 4 heteroatoms. The van der Waals surface area contributed by atoms with E-state index in [4.69, 9.17) is 9.47 Å². The minimum atomic E-state index is -1.14. The van der Waals surface area contributed by atoms with Gasteiger partial charge in [0.2, 0.25) is 0 Å². The Labute approximate surface area is 109 Å². The summed E-state index contributed by atoms with van der Waals surface area (Å²) in [5, 5.41) is 0. The molecule has 1 fully saturated rings. The molecule has 1 aliphatic rings. The fourth-order valence-electron chi connectivity index (χ4n) is 2.62. The van der Waals surface area contributed by atoms with Crippen molar-refractivity contribution in [2.45, 2.75) is 52.9 Å². The molecule has 18 heavy (non-hydrogen) atoms. The molecule has 0 radical (unpaired) electrons. The first-order valence-electron chi connectivity index (χ1n) is 6.89. The van der Waals surface area contributed by atoms with E-state index in [1.807, 2.05) is 0 Å². The molecule has 0 aromatic heterocycles. The second-order valence-corrected chi connectivity index (χ2v) is 5.13. The Bertz CT molecular complexity index is 274. The highest BCUT2D eigenvalue weighted by Gasteiger charge is 2.46. The number of hydrogen-bond donors (Lipinski definition) is 0. The third kappa shape index (κ3) is 3.47. The lowest BCUT2D eigenvalue weighted by Gasteiger charge is -2.27. The maximum Gasteiger partial charge on any atom is 0.323 e. The van der Waals surface area contributed by atoms with Gasteiger partial charge in [-0.05, 0) is 33.1 Å². The van der Waals surface area contributed by atoms with Gasteiger partial charge >= 0.3 is 11.9 Å². The smallest absolute Gasteiger partial charge is 0.323 e. The molecule has 1 rings (SSSR count). The largest absolute Gasteiger partial charge is 0.465 e. The molecule has 4 nitrogen and oxygen atoms in total. The van der Waals surface area contributed by atoms with E-state index in [0.29, 0.717) is 25.6 Å². The van der Waals surface area contributed by atoms with Gasteiger partial charge in [-0.2, -0.15) is 0 Å². The van der Waals surface area contributed by atoms with Gasteiger partial charge in [-0.15, -0.1) is 0 Å². The Morgan fingerprint density at radius 1 is 1.06 bits per heavy atom. The Balaban J connectivity index is 2.77. The number of hydrogen-bond acceptors (Lipinski definition) is 4. The van der Waals surface area contributed by atoms with Crippen molar-refractivity contribution < 1.29 is 19.1 Å². The number of esters is 2. The van der Waals surface area contributed by atoms with Gasteiger partial charge in [-0.1, -0.05) is 25.7 Å². The molecule has 1 saturated carbocycles. The van der Waals surface area contributed by atoms with Crippen molar-refractivity contribution in [1.82, 2.24) is 0 Å². The van der Waals surface area contributed by atoms with Crippen LogP contribution in [-0.2, 0) is 19.1 Å². The van der Waals surface area contributed by atoms with Crippen molar-refractivity contribution in [3.63, 3.8) is 0 Å². The van der Waals surface area contributed by atoms with Gasteiger partial charge in [0, 0.05) is 0 Å². The average molecular weight is 256 g/mol. The van der Waals surface area contributed by atoms with E-state index in [1.54, 1.807) is 20.8 Å². The van der Waals surface area contributed by atoms with Crippen LogP contribution in [0.5, 0.6) is 0 Å². The number of carbonyl (C=O) groups excluding carboxylic acids is 2. The summed E-state index contributed by atoms with van der Waals surface area (Å²) < 4.78 is 10.1. The molecule has 0 amide bonds. The lowest BCUT2D eigenvalue weighted by Crippen LogP contribution is -2.40. The molecule has 0 bridgehead atoms. The van der Waals surface area contributed by atoms with Crippen LogP contribution in [0.3, 0.4) is 0 Å². The van der Waals surface area contributed by atoms with Crippen molar-refractivity contribution >= 4 is 11.9 Å². The molecule has 0 aromatic carbocycles. The molecule has 0 atom stereocenters. The first kappa shape index (κ1) is 15.0. The van der Waals surface area contributed by atoms with Crippen molar-refractivity contribution in [2.75, 3.05) is 13.2 Å². The van der Waals surface area contributed by atoms with Crippen LogP contribution in [0.4, 0.5) is 0 Å². The molecule has 0 aliphatic heterocycles. The molecular formula is C14H24O4. The van der Waals surface area contributed by atoms with Crippen LogP contribution in [0.15, 0.2) is 0 Å². The number of ether oxygens (including phenoxy) is 2. The zero-order valence-corrected chi connectivity index (χ0v) is 11.7. The van der Waals surface area contributed by atoms with Crippen LogP contribution < -0.4 is 0 Å². The molecule has 0 unspecified atom stereocenters. The predicted octanol–water partition coefficient (Wildman–Crippen LogP) is 2.70. The summed E-state index contributed by atoms with van der Waals surface area (Å²) in [6.07, 6.45) is 5.10. The van der Waals surface area contributed by atoms with Crippen molar-refractivity contribution in [3.05, 3.63) is 0 Å². The Kier molecular flexibility index (Phi) is 5.63. The second-order valence-electron chi connectivity index (χ2n) is 5.13. The van der Waals surface area contributed by atoms with E-state index in [0.717, 1.165) is 12.8 Å². The van der Waals surface area contributed by atoms with Crippen LogP contribution >= 0.6 is 0 Å². The van der Waals surface area contributed by atoms with Crippen LogP contribution in [-0.4, -0.2) is 25.2 Å². The van der Waals surface area contributed by atoms with E-state index in [2.05, 4.69) is 0 Å². The fraction of sp³-hybridized carbons (Fsp3) is 0.857. The maximum atomic E-state index is 12.0. The topological polar surface area (TPSA) is 52.6 Å². The monoisotopic (exact) mass is 256 g/mol. The van der Waals surface area contributed by atoms with E-state index in [9.17, 15) is 9.59 Å². The summed E-state index contributed by atoms with van der Waals surface area (Å²) in [5.74, 6) is -0.463. The van der Waals surface area contributed by atoms with Gasteiger partial charge < -0.3 is 9.47 Å². The highest BCUT2D eigenvalue weighted by molar-refractivity contribution is 5.99. The van der Waals surface area contributed by atoms with Crippen molar-refractivity contribution in [1.29, 1.82) is 0 Å². The number of rotatable bonds is 6. The summed E-state index contributed by atoms with van der Waals surface area (Å²) in [6, 6.07) is 0. The summed E-state index contributed by atoms with van der Waals surface area (Å²) in [5.41, 5.74) is -1.14. The first-order valence-corrected chi connectivity index (χ1v) is 6.89. The lowest BCUT2D eigenvalue weighted by molar-refractivity contribution is -0.172. The minimum Gasteiger partial charge on any atom is -0.465 e. The minimum absolute atomic E-state index is 0.290. The quantitative estimate of drug-likeness (QED) is 0.541. The van der Waals surface area contributed by atoms with Crippen molar-refractivity contribution in [2.24, 2.45) is 11.3 Å². The Hall–Kier alpha value is -1.06. The fourth-order valence-corrected chi connectivity index (χ4v) is 2.62. The third-order valence-corrected chi connectivity index (χ3v) is 3.62. The van der Waals surface area contributed by atoms with Gasteiger partial charge in [-0.3, -0.25) is 9.59 Å². The normalized spacial score (nSPS) is 16.6. The van der Waals surface area contributed by atoms with Crippen LogP contribution in [0.1, 0.15) is 52.9 Å². The number of carbonyl (C=O) groups is 2. The molecular weight excluding hydrogens is 232 g/mol. The van der Waals surface area contributed by atoms with E-state index >= 15 is 0 Å². The highest BCUT2D eigenvalue weighted by atomic mass is 16.6. The summed E-state index contributed by atoms with van der Waals surface area (Å²) in [7, 11) is 0. The summed E-state index contributed by atoms with van der Waals surface area (Å²) >= 11 is 0. The standard InChI is InChI=1S/C14H24O4/c1-4-17-12(15)14(3,13(16)18-5-2)10-11-8-6-7-9-11/h11H,4-10H2,1-3H3. The maximum absolute atomic E-state index is 12.0. The van der Waals surface area contributed by atoms with E-state index < -0.39 is 17.4 Å². The Morgan fingerprint density at radius 3 is 1.89 bits per heavy atom. The SMILES string of the molecule is CCOC(=O)C(C)(CC1CCCC1)C(=O)OCC. The van der Waals surface area contributed by atoms with Gasteiger partial charge in [0.15, 0.2) is 5.41 Å². The molecule has 0 N–H and O–H groups in total. The Morgan fingerprint density at radius 2 is 1.50 bits per heavy atom. The van der Waals surface area contributed by atoms with Gasteiger partial charge in [0.1, 0.15) is 0 Å². The molecule has 104 valence electrons. The van der Waals surface area contributed by atoms with Gasteiger partial charge in [0.05, 0.1) is 13.2 Å². The molecule has 0 heterocycles. The first-order chi connectivity index (χ1) is 8.54. The average Bonchev–Trinajstić information content (AvgIpc) is 2.82. The summed E-state index contributed by atoms with van der Waals surface area (Å²) in [4.78, 5) is 24.1. The van der Waals surface area contributed by atoms with Crippen LogP contribution in [0.2, 0.25) is 0 Å². The van der Waals surface area contributed by atoms with Crippen LogP contribution in [0.25, 0.3) is 0 Å².